The first kappa shape index (κ1) is 19.5. The molecule has 25 heavy (non-hydrogen) atoms. The molecule has 2 rings (SSSR count). The summed E-state index contributed by atoms with van der Waals surface area (Å²) in [6.45, 7) is 0.174. The summed E-state index contributed by atoms with van der Waals surface area (Å²) in [5.41, 5.74) is 0.660. The van der Waals surface area contributed by atoms with Crippen molar-refractivity contribution in [3.8, 4) is 5.75 Å². The van der Waals surface area contributed by atoms with Gasteiger partial charge in [0.2, 0.25) is 11.8 Å². The number of rotatable bonds is 7. The highest BCUT2D eigenvalue weighted by Gasteiger charge is 2.28. The molecule has 1 fully saturated rings. The number of ether oxygens (including phenoxy) is 1. The van der Waals surface area contributed by atoms with Gasteiger partial charge in [0, 0.05) is 29.6 Å². The van der Waals surface area contributed by atoms with Crippen molar-refractivity contribution in [2.24, 2.45) is 0 Å². The highest BCUT2D eigenvalue weighted by Crippen LogP contribution is 2.22. The molecule has 1 heterocycles. The van der Waals surface area contributed by atoms with Gasteiger partial charge in [0.25, 0.3) is 0 Å². The van der Waals surface area contributed by atoms with Crippen LogP contribution in [0.2, 0.25) is 5.02 Å². The van der Waals surface area contributed by atoms with Gasteiger partial charge >= 0.3 is 0 Å². The van der Waals surface area contributed by atoms with E-state index in [1.54, 1.807) is 18.2 Å². The lowest BCUT2D eigenvalue weighted by Gasteiger charge is -2.12. The van der Waals surface area contributed by atoms with E-state index in [9.17, 15) is 18.0 Å². The number of halogens is 1. The van der Waals surface area contributed by atoms with E-state index in [-0.39, 0.29) is 48.7 Å². The summed E-state index contributed by atoms with van der Waals surface area (Å²) in [5.74, 6) is 0.134. The molecule has 0 bridgehead atoms. The first-order chi connectivity index (χ1) is 11.8. The highest BCUT2D eigenvalue weighted by molar-refractivity contribution is 7.91. The Balaban J connectivity index is 1.73. The fourth-order valence-corrected chi connectivity index (χ4v) is 4.51. The number of amides is 2. The van der Waals surface area contributed by atoms with Crippen LogP contribution >= 0.6 is 11.6 Å². The van der Waals surface area contributed by atoms with E-state index in [0.29, 0.717) is 22.8 Å². The van der Waals surface area contributed by atoms with Crippen LogP contribution in [0.15, 0.2) is 18.2 Å². The average Bonchev–Trinajstić information content (AvgIpc) is 2.86. The zero-order valence-corrected chi connectivity index (χ0v) is 15.5. The van der Waals surface area contributed by atoms with E-state index in [1.165, 1.54) is 7.11 Å². The van der Waals surface area contributed by atoms with Crippen LogP contribution in [-0.4, -0.2) is 51.4 Å². The van der Waals surface area contributed by atoms with Gasteiger partial charge in [-0.25, -0.2) is 8.42 Å². The first-order valence-electron chi connectivity index (χ1n) is 7.88. The molecule has 7 nitrogen and oxygen atoms in total. The molecule has 0 aliphatic carbocycles. The Morgan fingerprint density at radius 3 is 2.72 bits per heavy atom. The molecule has 1 atom stereocenters. The van der Waals surface area contributed by atoms with Crippen molar-refractivity contribution in [3.63, 3.8) is 0 Å². The standard InChI is InChI=1S/C16H21ClN2O5S/c1-24-14-3-2-12(17)8-11(14)9-16(21)18-6-4-15(20)19-13-5-7-25(22,23)10-13/h2-3,8,13H,4-7,9-10H2,1H3,(H,18,21)(H,19,20)/t13-/m0/s1. The van der Waals surface area contributed by atoms with E-state index < -0.39 is 9.84 Å². The van der Waals surface area contributed by atoms with Crippen molar-refractivity contribution in [2.45, 2.75) is 25.3 Å². The Bertz CT molecular complexity index is 751. The van der Waals surface area contributed by atoms with E-state index in [2.05, 4.69) is 10.6 Å². The van der Waals surface area contributed by atoms with Gasteiger partial charge in [0.1, 0.15) is 5.75 Å². The van der Waals surface area contributed by atoms with Gasteiger partial charge in [0.15, 0.2) is 9.84 Å². The zero-order chi connectivity index (χ0) is 18.4. The molecule has 0 aromatic heterocycles. The lowest BCUT2D eigenvalue weighted by molar-refractivity contribution is -0.122. The third-order valence-corrected chi connectivity index (χ3v) is 5.87. The summed E-state index contributed by atoms with van der Waals surface area (Å²) >= 11 is 5.92. The van der Waals surface area contributed by atoms with E-state index >= 15 is 0 Å². The summed E-state index contributed by atoms with van der Waals surface area (Å²) in [6.07, 6.45) is 0.621. The maximum atomic E-state index is 12.0. The predicted molar refractivity (Wildman–Crippen MR) is 94.5 cm³/mol. The Kier molecular flexibility index (Phi) is 6.66. The molecule has 2 amide bonds. The second-order valence-electron chi connectivity index (χ2n) is 5.90. The third-order valence-electron chi connectivity index (χ3n) is 3.87. The normalized spacial score (nSPS) is 18.6. The van der Waals surface area contributed by atoms with Gasteiger partial charge in [-0.05, 0) is 24.6 Å². The number of carbonyl (C=O) groups excluding carboxylic acids is 2. The lowest BCUT2D eigenvalue weighted by atomic mass is 10.1. The molecule has 1 aromatic carbocycles. The number of carbonyl (C=O) groups is 2. The maximum absolute atomic E-state index is 12.0. The van der Waals surface area contributed by atoms with E-state index in [4.69, 9.17) is 16.3 Å². The minimum Gasteiger partial charge on any atom is -0.496 e. The monoisotopic (exact) mass is 388 g/mol. The number of hydrogen-bond acceptors (Lipinski definition) is 5. The summed E-state index contributed by atoms with van der Waals surface area (Å²) in [7, 11) is -1.51. The molecule has 0 saturated carbocycles. The van der Waals surface area contributed by atoms with E-state index in [1.807, 2.05) is 0 Å². The molecule has 1 aromatic rings. The molecule has 0 unspecified atom stereocenters. The smallest absolute Gasteiger partial charge is 0.224 e. The topological polar surface area (TPSA) is 102 Å². The second-order valence-corrected chi connectivity index (χ2v) is 8.57. The van der Waals surface area contributed by atoms with Crippen molar-refractivity contribution in [2.75, 3.05) is 25.2 Å². The number of benzene rings is 1. The van der Waals surface area contributed by atoms with Crippen LogP contribution in [0, 0.1) is 0 Å². The van der Waals surface area contributed by atoms with Gasteiger partial charge < -0.3 is 15.4 Å². The molecule has 2 N–H and O–H groups in total. The SMILES string of the molecule is COc1ccc(Cl)cc1CC(=O)NCCC(=O)N[C@H]1CCS(=O)(=O)C1. The van der Waals surface area contributed by atoms with Crippen LogP contribution < -0.4 is 15.4 Å². The van der Waals surface area contributed by atoms with Crippen LogP contribution in [0.3, 0.4) is 0 Å². The molecule has 0 spiro atoms. The molecule has 1 aliphatic rings. The zero-order valence-electron chi connectivity index (χ0n) is 13.9. The first-order valence-corrected chi connectivity index (χ1v) is 10.1. The number of nitrogens with one attached hydrogen (secondary N) is 2. The molecule has 9 heteroatoms. The minimum absolute atomic E-state index is 0.0142. The van der Waals surface area contributed by atoms with Crippen molar-refractivity contribution in [3.05, 3.63) is 28.8 Å². The van der Waals surface area contributed by atoms with Gasteiger partial charge in [-0.3, -0.25) is 9.59 Å². The van der Waals surface area contributed by atoms with Gasteiger partial charge in [-0.2, -0.15) is 0 Å². The minimum atomic E-state index is -3.03. The summed E-state index contributed by atoms with van der Waals surface area (Å²) in [6, 6.07) is 4.69. The number of sulfone groups is 1. The average molecular weight is 389 g/mol. The van der Waals surface area contributed by atoms with Gasteiger partial charge in [-0.1, -0.05) is 11.6 Å². The lowest BCUT2D eigenvalue weighted by Crippen LogP contribution is -2.38. The Labute approximate surface area is 152 Å². The molecule has 138 valence electrons. The van der Waals surface area contributed by atoms with Crippen LogP contribution in [0.1, 0.15) is 18.4 Å². The fourth-order valence-electron chi connectivity index (χ4n) is 2.64. The molecule has 1 aliphatic heterocycles. The van der Waals surface area contributed by atoms with Crippen molar-refractivity contribution < 1.29 is 22.7 Å². The quantitative estimate of drug-likeness (QED) is 0.716. The largest absolute Gasteiger partial charge is 0.496 e. The van der Waals surface area contributed by atoms with Crippen LogP contribution in [0.25, 0.3) is 0 Å². The molecular formula is C16H21ClN2O5S. The van der Waals surface area contributed by atoms with Crippen molar-refractivity contribution in [1.29, 1.82) is 0 Å². The number of hydrogen-bond donors (Lipinski definition) is 2. The Hall–Kier alpha value is -1.80. The van der Waals surface area contributed by atoms with Crippen molar-refractivity contribution in [1.82, 2.24) is 10.6 Å². The third kappa shape index (κ3) is 6.21. The van der Waals surface area contributed by atoms with Gasteiger partial charge in [0.05, 0.1) is 25.0 Å². The molecule has 1 saturated heterocycles. The predicted octanol–water partition coefficient (Wildman–Crippen LogP) is 0.701. The van der Waals surface area contributed by atoms with Crippen LogP contribution in [-0.2, 0) is 25.8 Å². The summed E-state index contributed by atoms with van der Waals surface area (Å²) < 4.78 is 27.9. The van der Waals surface area contributed by atoms with Gasteiger partial charge in [-0.15, -0.1) is 0 Å². The van der Waals surface area contributed by atoms with Crippen LogP contribution in [0.4, 0.5) is 0 Å². The number of methoxy groups -OCH3 is 1. The summed E-state index contributed by atoms with van der Waals surface area (Å²) in [4.78, 5) is 23.8. The highest BCUT2D eigenvalue weighted by atomic mass is 35.5. The van der Waals surface area contributed by atoms with Crippen molar-refractivity contribution >= 4 is 33.3 Å². The van der Waals surface area contributed by atoms with Crippen LogP contribution in [0.5, 0.6) is 5.75 Å². The Morgan fingerprint density at radius 1 is 1.32 bits per heavy atom. The maximum Gasteiger partial charge on any atom is 0.224 e. The Morgan fingerprint density at radius 2 is 2.08 bits per heavy atom. The summed E-state index contributed by atoms with van der Waals surface area (Å²) in [5, 5.41) is 5.84. The van der Waals surface area contributed by atoms with E-state index in [0.717, 1.165) is 0 Å². The fraction of sp³-hybridized carbons (Fsp3) is 0.500. The molecule has 0 radical (unpaired) electrons. The second kappa shape index (κ2) is 8.53. The molecular weight excluding hydrogens is 368 g/mol.